The predicted molar refractivity (Wildman–Crippen MR) is 109 cm³/mol. The van der Waals surface area contributed by atoms with Crippen molar-refractivity contribution in [1.29, 1.82) is 0 Å². The summed E-state index contributed by atoms with van der Waals surface area (Å²) >= 11 is 12.2. The number of para-hydroxylation sites is 1. The molecule has 2 N–H and O–H groups in total. The maximum absolute atomic E-state index is 12.8. The zero-order valence-electron chi connectivity index (χ0n) is 14.0. The van der Waals surface area contributed by atoms with Crippen molar-refractivity contribution in [2.75, 3.05) is 10.6 Å². The van der Waals surface area contributed by atoms with Gasteiger partial charge in [-0.15, -0.1) is 0 Å². The van der Waals surface area contributed by atoms with Gasteiger partial charge in [0.2, 0.25) is 0 Å². The van der Waals surface area contributed by atoms with Crippen molar-refractivity contribution in [1.82, 2.24) is 9.97 Å². The Kier molecular flexibility index (Phi) is 6.38. The third-order valence-corrected chi connectivity index (χ3v) is 4.77. The third kappa shape index (κ3) is 5.57. The average Bonchev–Trinajstić information content (AvgIpc) is 2.65. The van der Waals surface area contributed by atoms with Crippen LogP contribution in [-0.2, 0) is 6.18 Å². The van der Waals surface area contributed by atoms with E-state index in [0.29, 0.717) is 20.7 Å². The van der Waals surface area contributed by atoms with E-state index in [-0.39, 0.29) is 5.16 Å². The van der Waals surface area contributed by atoms with Crippen molar-refractivity contribution < 1.29 is 13.2 Å². The largest absolute Gasteiger partial charge is 0.433 e. The molecule has 144 valence electrons. The highest BCUT2D eigenvalue weighted by molar-refractivity contribution is 7.99. The molecule has 0 radical (unpaired) electrons. The van der Waals surface area contributed by atoms with Crippen LogP contribution in [0.1, 0.15) is 5.69 Å². The lowest BCUT2D eigenvalue weighted by molar-refractivity contribution is -0.141. The van der Waals surface area contributed by atoms with Crippen molar-refractivity contribution in [2.45, 2.75) is 16.2 Å². The van der Waals surface area contributed by atoms with E-state index in [1.165, 1.54) is 0 Å². The smallest absolute Gasteiger partial charge is 0.332 e. The summed E-state index contributed by atoms with van der Waals surface area (Å²) in [6.45, 7) is 0. The number of rotatable bonds is 4. The van der Waals surface area contributed by atoms with E-state index >= 15 is 0 Å². The Morgan fingerprint density at radius 1 is 1.00 bits per heavy atom. The number of nitrogens with one attached hydrogen (secondary N) is 2. The molecule has 2 aromatic carbocycles. The molecule has 10 heteroatoms. The zero-order chi connectivity index (χ0) is 20.1. The Hall–Kier alpha value is -2.36. The summed E-state index contributed by atoms with van der Waals surface area (Å²) in [6, 6.07) is 14.9. The second-order valence-electron chi connectivity index (χ2n) is 5.41. The van der Waals surface area contributed by atoms with Crippen LogP contribution in [0, 0.1) is 0 Å². The fraction of sp³-hybridized carbons (Fsp3) is 0.0556. The average molecular weight is 441 g/mol. The summed E-state index contributed by atoms with van der Waals surface area (Å²) in [5.74, 6) is 0. The molecule has 0 bridgehead atoms. The van der Waals surface area contributed by atoms with E-state index in [4.69, 9.17) is 23.8 Å². The van der Waals surface area contributed by atoms with Crippen molar-refractivity contribution in [3.05, 3.63) is 71.5 Å². The number of aromatic nitrogens is 2. The molecule has 3 rings (SSSR count). The number of thiocarbonyl (C=S) groups is 1. The van der Waals surface area contributed by atoms with Crippen molar-refractivity contribution in [2.24, 2.45) is 0 Å². The van der Waals surface area contributed by atoms with E-state index in [2.05, 4.69) is 20.6 Å². The number of nitrogens with zero attached hydrogens (tertiary/aromatic N) is 2. The van der Waals surface area contributed by atoms with Crippen LogP contribution in [0.4, 0.5) is 24.5 Å². The fourth-order valence-corrected chi connectivity index (χ4v) is 3.31. The molecule has 0 amide bonds. The Balaban J connectivity index is 1.74. The summed E-state index contributed by atoms with van der Waals surface area (Å²) in [7, 11) is 0. The normalized spacial score (nSPS) is 11.1. The van der Waals surface area contributed by atoms with E-state index < -0.39 is 11.9 Å². The van der Waals surface area contributed by atoms with E-state index in [1.54, 1.807) is 48.5 Å². The molecule has 0 atom stereocenters. The van der Waals surface area contributed by atoms with Gasteiger partial charge >= 0.3 is 6.18 Å². The van der Waals surface area contributed by atoms with E-state index in [9.17, 15) is 13.2 Å². The highest BCUT2D eigenvalue weighted by atomic mass is 35.5. The minimum atomic E-state index is -4.53. The quantitative estimate of drug-likeness (QED) is 0.377. The van der Waals surface area contributed by atoms with Gasteiger partial charge in [-0.05, 0) is 66.4 Å². The highest BCUT2D eigenvalue weighted by Crippen LogP contribution is 2.33. The number of hydrogen-bond donors (Lipinski definition) is 2. The first kappa shape index (κ1) is 20.4. The maximum atomic E-state index is 12.8. The van der Waals surface area contributed by atoms with Gasteiger partial charge in [0.05, 0.1) is 5.69 Å². The van der Waals surface area contributed by atoms with Gasteiger partial charge in [-0.2, -0.15) is 13.2 Å². The molecule has 28 heavy (non-hydrogen) atoms. The molecular formula is C18H12ClF3N4S2. The van der Waals surface area contributed by atoms with Crippen LogP contribution in [0.25, 0.3) is 0 Å². The predicted octanol–water partition coefficient (Wildman–Crippen LogP) is 6.11. The molecule has 1 heterocycles. The van der Waals surface area contributed by atoms with Gasteiger partial charge in [0, 0.05) is 21.8 Å². The van der Waals surface area contributed by atoms with Crippen molar-refractivity contribution in [3.8, 4) is 0 Å². The van der Waals surface area contributed by atoms with Crippen LogP contribution >= 0.6 is 35.6 Å². The Morgan fingerprint density at radius 3 is 2.43 bits per heavy atom. The van der Waals surface area contributed by atoms with Gasteiger partial charge in [0.25, 0.3) is 0 Å². The van der Waals surface area contributed by atoms with Crippen LogP contribution in [0.3, 0.4) is 0 Å². The van der Waals surface area contributed by atoms with Crippen LogP contribution in [-0.4, -0.2) is 15.1 Å². The molecule has 0 fully saturated rings. The number of halogens is 4. The molecular weight excluding hydrogens is 429 g/mol. The van der Waals surface area contributed by atoms with E-state index in [1.807, 2.05) is 0 Å². The van der Waals surface area contributed by atoms with Gasteiger partial charge in [-0.1, -0.05) is 23.7 Å². The lowest BCUT2D eigenvalue weighted by Gasteiger charge is -2.14. The summed E-state index contributed by atoms with van der Waals surface area (Å²) < 4.78 is 38.5. The molecule has 0 aliphatic heterocycles. The minimum absolute atomic E-state index is 0.0133. The van der Waals surface area contributed by atoms with Gasteiger partial charge < -0.3 is 10.6 Å². The summed E-state index contributed by atoms with van der Waals surface area (Å²) in [5.41, 5.74) is 0.364. The first-order valence-electron chi connectivity index (χ1n) is 7.82. The molecule has 3 aromatic rings. The molecule has 0 saturated carbocycles. The standard InChI is InChI=1S/C18H12ClF3N4S2/c19-11-5-7-12(8-6-11)24-16(27)25-13-3-1-2-4-14(13)28-17-23-10-9-15(26-17)18(20,21)22/h1-10H,(H2,24,25,27). The van der Waals surface area contributed by atoms with Crippen LogP contribution in [0.15, 0.2) is 70.8 Å². The van der Waals surface area contributed by atoms with Gasteiger partial charge in [0.15, 0.2) is 10.3 Å². The topological polar surface area (TPSA) is 49.8 Å². The van der Waals surface area contributed by atoms with Gasteiger partial charge in [0.1, 0.15) is 5.69 Å². The molecule has 0 unspecified atom stereocenters. The Labute approximate surface area is 173 Å². The van der Waals surface area contributed by atoms with Gasteiger partial charge in [-0.3, -0.25) is 0 Å². The number of benzene rings is 2. The first-order valence-corrected chi connectivity index (χ1v) is 9.42. The second kappa shape index (κ2) is 8.76. The summed E-state index contributed by atoms with van der Waals surface area (Å²) in [4.78, 5) is 8.11. The summed E-state index contributed by atoms with van der Waals surface area (Å²) in [5, 5.41) is 6.95. The van der Waals surface area contributed by atoms with Crippen molar-refractivity contribution in [3.63, 3.8) is 0 Å². The Morgan fingerprint density at radius 2 is 1.71 bits per heavy atom. The molecule has 0 saturated heterocycles. The Bertz CT molecular complexity index is 981. The van der Waals surface area contributed by atoms with Crippen LogP contribution in [0.2, 0.25) is 5.02 Å². The highest BCUT2D eigenvalue weighted by Gasteiger charge is 2.32. The molecule has 0 spiro atoms. The lowest BCUT2D eigenvalue weighted by Crippen LogP contribution is -2.19. The van der Waals surface area contributed by atoms with E-state index in [0.717, 1.165) is 29.7 Å². The van der Waals surface area contributed by atoms with Gasteiger partial charge in [-0.25, -0.2) is 9.97 Å². The number of alkyl halides is 3. The number of anilines is 2. The molecule has 4 nitrogen and oxygen atoms in total. The molecule has 0 aliphatic rings. The fourth-order valence-electron chi connectivity index (χ4n) is 2.12. The second-order valence-corrected chi connectivity index (χ2v) is 7.26. The molecule has 0 aliphatic carbocycles. The first-order chi connectivity index (χ1) is 13.3. The maximum Gasteiger partial charge on any atom is 0.433 e. The monoisotopic (exact) mass is 440 g/mol. The minimum Gasteiger partial charge on any atom is -0.332 e. The van der Waals surface area contributed by atoms with Crippen molar-refractivity contribution >= 4 is 52.1 Å². The van der Waals surface area contributed by atoms with Crippen LogP contribution < -0.4 is 10.6 Å². The number of hydrogen-bond acceptors (Lipinski definition) is 4. The third-order valence-electron chi connectivity index (χ3n) is 3.36. The summed E-state index contributed by atoms with van der Waals surface area (Å²) in [6.07, 6.45) is -3.44. The van der Waals surface area contributed by atoms with Crippen LogP contribution in [0.5, 0.6) is 0 Å². The molecule has 1 aromatic heterocycles. The zero-order valence-corrected chi connectivity index (χ0v) is 16.4. The SMILES string of the molecule is FC(F)(F)c1ccnc(Sc2ccccc2NC(=S)Nc2ccc(Cl)cc2)n1. The lowest BCUT2D eigenvalue weighted by atomic mass is 10.3.